The van der Waals surface area contributed by atoms with Crippen LogP contribution >= 0.6 is 0 Å². The number of hydrogen-bond acceptors (Lipinski definition) is 5. The number of ether oxygens (including phenoxy) is 2. The minimum absolute atomic E-state index is 0.0286. The van der Waals surface area contributed by atoms with Gasteiger partial charge in [-0.3, -0.25) is 9.59 Å². The van der Waals surface area contributed by atoms with Gasteiger partial charge in [0.05, 0.1) is 5.69 Å². The van der Waals surface area contributed by atoms with E-state index in [1.165, 1.54) is 12.1 Å². The molecule has 184 valence electrons. The van der Waals surface area contributed by atoms with E-state index in [0.717, 1.165) is 10.5 Å². The molecular weight excluding hydrogens is 465 g/mol. The van der Waals surface area contributed by atoms with Gasteiger partial charge in [-0.05, 0) is 47.9 Å². The number of imide groups is 1. The molecule has 0 radical (unpaired) electrons. The van der Waals surface area contributed by atoms with Crippen molar-refractivity contribution in [1.29, 1.82) is 0 Å². The predicted octanol–water partition coefficient (Wildman–Crippen LogP) is 3.75. The van der Waals surface area contributed by atoms with E-state index in [1.54, 1.807) is 55.5 Å². The number of carbonyl (C=O) groups is 3. The molecule has 2 aliphatic rings. The van der Waals surface area contributed by atoms with Gasteiger partial charge in [-0.1, -0.05) is 42.5 Å². The van der Waals surface area contributed by atoms with Crippen molar-refractivity contribution in [1.82, 2.24) is 10.2 Å². The molecule has 8 nitrogen and oxygen atoms in total. The first-order chi connectivity index (χ1) is 17.4. The normalized spacial score (nSPS) is 17.5. The topological polar surface area (TPSA) is 97.0 Å². The van der Waals surface area contributed by atoms with Crippen LogP contribution in [0.2, 0.25) is 0 Å². The number of fused-ring (bicyclic) bond motifs is 1. The van der Waals surface area contributed by atoms with Gasteiger partial charge >= 0.3 is 6.03 Å². The summed E-state index contributed by atoms with van der Waals surface area (Å²) in [7, 11) is 0. The fourth-order valence-corrected chi connectivity index (χ4v) is 4.33. The number of amides is 4. The van der Waals surface area contributed by atoms with Crippen LogP contribution in [-0.2, 0) is 16.0 Å². The maximum Gasteiger partial charge on any atom is 0.325 e. The summed E-state index contributed by atoms with van der Waals surface area (Å²) < 4.78 is 25.6. The lowest BCUT2D eigenvalue weighted by Gasteiger charge is -2.25. The molecule has 2 N–H and O–H groups in total. The third-order valence-corrected chi connectivity index (χ3v) is 6.14. The standard InChI is InChI=1S/C27H24FN3O5/c1-16-7-9-20(19(28)13-16)29-25(32)21(14-17-5-3-2-4-6-17)31-26(33)24(30-27(31)34)18-8-10-22-23(15-18)36-12-11-35-22/h2-10,13,15,21,24H,11-12,14H2,1H3,(H,29,32)(H,30,34)/t21-,24+/m0/s1. The van der Waals surface area contributed by atoms with E-state index in [0.29, 0.717) is 35.8 Å². The molecule has 0 unspecified atom stereocenters. The van der Waals surface area contributed by atoms with Gasteiger partial charge in [0.1, 0.15) is 31.1 Å². The molecule has 36 heavy (non-hydrogen) atoms. The van der Waals surface area contributed by atoms with Crippen molar-refractivity contribution >= 4 is 23.5 Å². The molecule has 0 spiro atoms. The van der Waals surface area contributed by atoms with Crippen LogP contribution < -0.4 is 20.1 Å². The molecule has 2 aliphatic heterocycles. The molecule has 2 heterocycles. The number of aryl methyl sites for hydroxylation is 1. The van der Waals surface area contributed by atoms with Gasteiger partial charge in [0.25, 0.3) is 5.91 Å². The van der Waals surface area contributed by atoms with Crippen LogP contribution in [0.5, 0.6) is 11.5 Å². The minimum Gasteiger partial charge on any atom is -0.486 e. The maximum absolute atomic E-state index is 14.5. The lowest BCUT2D eigenvalue weighted by atomic mass is 10.0. The molecule has 9 heteroatoms. The second-order valence-corrected chi connectivity index (χ2v) is 8.67. The summed E-state index contributed by atoms with van der Waals surface area (Å²) in [6.07, 6.45) is 0.0627. The Bertz CT molecular complexity index is 1330. The number of urea groups is 1. The number of carbonyl (C=O) groups excluding carboxylic acids is 3. The molecule has 0 aromatic heterocycles. The van der Waals surface area contributed by atoms with Gasteiger partial charge in [0.2, 0.25) is 5.91 Å². The largest absolute Gasteiger partial charge is 0.486 e. The van der Waals surface area contributed by atoms with Crippen LogP contribution in [0.25, 0.3) is 0 Å². The van der Waals surface area contributed by atoms with E-state index in [2.05, 4.69) is 10.6 Å². The van der Waals surface area contributed by atoms with Crippen LogP contribution in [-0.4, -0.2) is 42.0 Å². The fourth-order valence-electron chi connectivity index (χ4n) is 4.33. The van der Waals surface area contributed by atoms with Crippen LogP contribution in [0.15, 0.2) is 66.7 Å². The highest BCUT2D eigenvalue weighted by atomic mass is 19.1. The zero-order valence-electron chi connectivity index (χ0n) is 19.5. The van der Waals surface area contributed by atoms with Crippen LogP contribution in [0.4, 0.5) is 14.9 Å². The molecule has 1 fully saturated rings. The summed E-state index contributed by atoms with van der Waals surface area (Å²) in [6.45, 7) is 2.54. The Morgan fingerprint density at radius 2 is 1.81 bits per heavy atom. The highest BCUT2D eigenvalue weighted by Crippen LogP contribution is 2.35. The van der Waals surface area contributed by atoms with Crippen molar-refractivity contribution in [2.45, 2.75) is 25.4 Å². The third kappa shape index (κ3) is 4.59. The van der Waals surface area contributed by atoms with Crippen LogP contribution in [0.1, 0.15) is 22.7 Å². The summed E-state index contributed by atoms with van der Waals surface area (Å²) in [5, 5.41) is 5.21. The van der Waals surface area contributed by atoms with Crippen molar-refractivity contribution in [3.8, 4) is 11.5 Å². The van der Waals surface area contributed by atoms with Gasteiger partial charge < -0.3 is 20.1 Å². The number of nitrogens with zero attached hydrogens (tertiary/aromatic N) is 1. The summed E-state index contributed by atoms with van der Waals surface area (Å²) in [5.74, 6) is -0.828. The average molecular weight is 490 g/mol. The molecule has 3 aromatic carbocycles. The van der Waals surface area contributed by atoms with E-state index in [4.69, 9.17) is 9.47 Å². The van der Waals surface area contributed by atoms with E-state index in [-0.39, 0.29) is 12.1 Å². The molecule has 1 saturated heterocycles. The lowest BCUT2D eigenvalue weighted by molar-refractivity contribution is -0.134. The Morgan fingerprint density at radius 1 is 1.06 bits per heavy atom. The second-order valence-electron chi connectivity index (χ2n) is 8.67. The first-order valence-electron chi connectivity index (χ1n) is 11.5. The Balaban J connectivity index is 1.44. The molecule has 0 saturated carbocycles. The summed E-state index contributed by atoms with van der Waals surface area (Å²) in [4.78, 5) is 40.8. The number of halogens is 1. The van der Waals surface area contributed by atoms with Crippen molar-refractivity contribution < 1.29 is 28.2 Å². The van der Waals surface area contributed by atoms with Gasteiger partial charge in [-0.25, -0.2) is 14.1 Å². The van der Waals surface area contributed by atoms with E-state index in [1.807, 2.05) is 6.07 Å². The van der Waals surface area contributed by atoms with Gasteiger partial charge in [0.15, 0.2) is 11.5 Å². The number of rotatable bonds is 6. The number of nitrogens with one attached hydrogen (secondary N) is 2. The van der Waals surface area contributed by atoms with Crippen LogP contribution in [0.3, 0.4) is 0 Å². The molecule has 2 atom stereocenters. The van der Waals surface area contributed by atoms with E-state index < -0.39 is 35.7 Å². The summed E-state index contributed by atoms with van der Waals surface area (Å²) in [6, 6.07) is 15.5. The zero-order valence-corrected chi connectivity index (χ0v) is 19.5. The molecular formula is C27H24FN3O5. The van der Waals surface area contributed by atoms with Crippen molar-refractivity contribution in [3.63, 3.8) is 0 Å². The van der Waals surface area contributed by atoms with Crippen LogP contribution in [0, 0.1) is 12.7 Å². The van der Waals surface area contributed by atoms with Crippen molar-refractivity contribution in [2.75, 3.05) is 18.5 Å². The lowest BCUT2D eigenvalue weighted by Crippen LogP contribution is -2.49. The fraction of sp³-hybridized carbons (Fsp3) is 0.222. The zero-order chi connectivity index (χ0) is 25.2. The van der Waals surface area contributed by atoms with Gasteiger partial charge in [0, 0.05) is 6.42 Å². The monoisotopic (exact) mass is 489 g/mol. The third-order valence-electron chi connectivity index (χ3n) is 6.14. The number of benzene rings is 3. The number of hydrogen-bond donors (Lipinski definition) is 2. The maximum atomic E-state index is 14.5. The molecule has 4 amide bonds. The Morgan fingerprint density at radius 3 is 2.56 bits per heavy atom. The molecule has 5 rings (SSSR count). The predicted molar refractivity (Wildman–Crippen MR) is 129 cm³/mol. The highest BCUT2D eigenvalue weighted by molar-refractivity contribution is 6.09. The Hall–Kier alpha value is -4.40. The first-order valence-corrected chi connectivity index (χ1v) is 11.5. The Labute approximate surface area is 207 Å². The minimum atomic E-state index is -1.21. The van der Waals surface area contributed by atoms with E-state index >= 15 is 0 Å². The van der Waals surface area contributed by atoms with Gasteiger partial charge in [-0.15, -0.1) is 0 Å². The smallest absolute Gasteiger partial charge is 0.325 e. The SMILES string of the molecule is Cc1ccc(NC(=O)[C@H](Cc2ccccc2)N2C(=O)N[C@H](c3ccc4c(c3)OCCO4)C2=O)c(F)c1. The van der Waals surface area contributed by atoms with E-state index in [9.17, 15) is 18.8 Å². The average Bonchev–Trinajstić information content (AvgIpc) is 3.18. The second kappa shape index (κ2) is 9.69. The summed E-state index contributed by atoms with van der Waals surface area (Å²) >= 11 is 0. The number of anilines is 1. The first kappa shape index (κ1) is 23.3. The molecule has 3 aromatic rings. The summed E-state index contributed by atoms with van der Waals surface area (Å²) in [5.41, 5.74) is 1.91. The highest BCUT2D eigenvalue weighted by Gasteiger charge is 2.45. The molecule has 0 bridgehead atoms. The van der Waals surface area contributed by atoms with Gasteiger partial charge in [-0.2, -0.15) is 0 Å². The van der Waals surface area contributed by atoms with Crippen molar-refractivity contribution in [3.05, 3.63) is 89.2 Å². The van der Waals surface area contributed by atoms with Crippen molar-refractivity contribution in [2.24, 2.45) is 0 Å². The Kier molecular flexibility index (Phi) is 6.28. The quantitative estimate of drug-likeness (QED) is 0.514. The molecule has 0 aliphatic carbocycles.